The van der Waals surface area contributed by atoms with Crippen LogP contribution in [-0.2, 0) is 6.54 Å². The number of urea groups is 1. The van der Waals surface area contributed by atoms with E-state index in [1.807, 2.05) is 58.3 Å². The molecule has 1 aromatic heterocycles. The van der Waals surface area contributed by atoms with Crippen LogP contribution in [0.5, 0.6) is 0 Å². The average Bonchev–Trinajstić information content (AvgIpc) is 3.63. The van der Waals surface area contributed by atoms with Crippen LogP contribution in [-0.4, -0.2) is 55.7 Å². The zero-order valence-electron chi connectivity index (χ0n) is 21.8. The molecule has 3 heterocycles. The van der Waals surface area contributed by atoms with Crippen molar-refractivity contribution < 1.29 is 9.90 Å². The number of carbonyl (C=O) groups excluding carboxylic acids is 1. The van der Waals surface area contributed by atoms with Crippen LogP contribution in [0.25, 0.3) is 11.3 Å². The molecule has 7 nitrogen and oxygen atoms in total. The van der Waals surface area contributed by atoms with Crippen LogP contribution in [0.4, 0.5) is 4.79 Å². The van der Waals surface area contributed by atoms with Crippen LogP contribution < -0.4 is 5.56 Å². The van der Waals surface area contributed by atoms with E-state index in [0.717, 1.165) is 50.6 Å². The molecule has 0 bridgehead atoms. The highest BCUT2D eigenvalue weighted by Gasteiger charge is 2.56. The fraction of sp³-hybridized carbons (Fsp3) is 0.452. The van der Waals surface area contributed by atoms with E-state index in [4.69, 9.17) is 0 Å². The maximum atomic E-state index is 13.8. The summed E-state index contributed by atoms with van der Waals surface area (Å²) in [4.78, 5) is 35.4. The molecule has 2 saturated heterocycles. The van der Waals surface area contributed by atoms with Crippen molar-refractivity contribution in [2.75, 3.05) is 19.6 Å². The Kier molecular flexibility index (Phi) is 6.56. The summed E-state index contributed by atoms with van der Waals surface area (Å²) >= 11 is 0. The van der Waals surface area contributed by atoms with Crippen LogP contribution in [0.3, 0.4) is 0 Å². The molecule has 1 spiro atoms. The normalized spacial score (nSPS) is 24.7. The summed E-state index contributed by atoms with van der Waals surface area (Å²) in [6.07, 6.45) is 7.78. The first-order chi connectivity index (χ1) is 18.5. The summed E-state index contributed by atoms with van der Waals surface area (Å²) in [7, 11) is 0. The van der Waals surface area contributed by atoms with Crippen molar-refractivity contribution in [2.24, 2.45) is 5.41 Å². The van der Waals surface area contributed by atoms with Gasteiger partial charge in [-0.2, -0.15) is 0 Å². The number of aliphatic hydroxyl groups is 1. The van der Waals surface area contributed by atoms with Gasteiger partial charge in [0.2, 0.25) is 0 Å². The predicted octanol–water partition coefficient (Wildman–Crippen LogP) is 4.86. The third kappa shape index (κ3) is 4.43. The molecule has 3 aromatic rings. The maximum absolute atomic E-state index is 13.8. The second kappa shape index (κ2) is 10.0. The van der Waals surface area contributed by atoms with Gasteiger partial charge in [-0.1, -0.05) is 73.5 Å². The fourth-order valence-electron chi connectivity index (χ4n) is 7.05. The molecule has 1 aliphatic carbocycles. The van der Waals surface area contributed by atoms with E-state index in [2.05, 4.69) is 17.1 Å². The number of aromatic nitrogens is 2. The lowest BCUT2D eigenvalue weighted by atomic mass is 9.66. The SMILES string of the molecule is O=C(N1CCC(O)(Cn2cnc(-c3ccccc3)cc2=O)C2(CCCC2)C1)N1CCCC1c1ccccc1. The molecule has 198 valence electrons. The van der Waals surface area contributed by atoms with Crippen molar-refractivity contribution in [3.05, 3.63) is 89.0 Å². The number of rotatable bonds is 4. The summed E-state index contributed by atoms with van der Waals surface area (Å²) in [5, 5.41) is 12.1. The molecule has 0 radical (unpaired) electrons. The lowest BCUT2D eigenvalue weighted by molar-refractivity contribution is -0.136. The van der Waals surface area contributed by atoms with E-state index in [-0.39, 0.29) is 24.2 Å². The predicted molar refractivity (Wildman–Crippen MR) is 146 cm³/mol. The minimum absolute atomic E-state index is 0.0794. The molecule has 2 atom stereocenters. The standard InChI is InChI=1S/C31H36N4O3/c36-28-20-26(24-10-3-1-4-11-24)32-23-34(28)22-31(38)17-19-33(21-30(31)15-7-8-16-30)29(37)35-18-9-14-27(35)25-12-5-2-6-13-25/h1-6,10-13,20,23,27,38H,7-9,14-19,21-22H2. The number of benzene rings is 2. The number of hydrogen-bond donors (Lipinski definition) is 1. The molecule has 3 aliphatic rings. The summed E-state index contributed by atoms with van der Waals surface area (Å²) in [6.45, 7) is 1.98. The van der Waals surface area contributed by atoms with E-state index >= 15 is 0 Å². The van der Waals surface area contributed by atoms with E-state index in [0.29, 0.717) is 25.2 Å². The minimum Gasteiger partial charge on any atom is -0.387 e. The molecule has 38 heavy (non-hydrogen) atoms. The Hall–Kier alpha value is -3.45. The molecular formula is C31H36N4O3. The van der Waals surface area contributed by atoms with Crippen molar-refractivity contribution in [3.63, 3.8) is 0 Å². The highest BCUT2D eigenvalue weighted by molar-refractivity contribution is 5.75. The first-order valence-corrected chi connectivity index (χ1v) is 13.9. The molecule has 6 rings (SSSR count). The first kappa shape index (κ1) is 24.9. The summed E-state index contributed by atoms with van der Waals surface area (Å²) in [5.41, 5.74) is 1.07. The molecule has 2 aromatic carbocycles. The topological polar surface area (TPSA) is 78.7 Å². The number of likely N-dealkylation sites (tertiary alicyclic amines) is 2. The molecule has 3 fully saturated rings. The largest absolute Gasteiger partial charge is 0.387 e. The first-order valence-electron chi connectivity index (χ1n) is 13.9. The Morgan fingerprint density at radius 2 is 1.66 bits per heavy atom. The molecule has 2 aliphatic heterocycles. The van der Waals surface area contributed by atoms with Gasteiger partial charge in [-0.25, -0.2) is 9.78 Å². The van der Waals surface area contributed by atoms with Crippen LogP contribution in [0.15, 0.2) is 77.9 Å². The van der Waals surface area contributed by atoms with E-state index in [1.165, 1.54) is 5.56 Å². The van der Waals surface area contributed by atoms with Crippen LogP contribution in [0.1, 0.15) is 56.6 Å². The lowest BCUT2D eigenvalue weighted by Crippen LogP contribution is -2.63. The van der Waals surface area contributed by atoms with Crippen molar-refractivity contribution in [1.29, 1.82) is 0 Å². The van der Waals surface area contributed by atoms with Crippen molar-refractivity contribution >= 4 is 6.03 Å². The highest BCUT2D eigenvalue weighted by Crippen LogP contribution is 2.52. The number of nitrogens with zero attached hydrogens (tertiary/aromatic N) is 4. The van der Waals surface area contributed by atoms with Crippen LogP contribution >= 0.6 is 0 Å². The lowest BCUT2D eigenvalue weighted by Gasteiger charge is -2.53. The molecule has 1 N–H and O–H groups in total. The Balaban J connectivity index is 1.22. The van der Waals surface area contributed by atoms with Gasteiger partial charge < -0.3 is 14.9 Å². The van der Waals surface area contributed by atoms with Crippen LogP contribution in [0, 0.1) is 5.41 Å². The number of amides is 2. The van der Waals surface area contributed by atoms with Gasteiger partial charge in [0.1, 0.15) is 0 Å². The van der Waals surface area contributed by atoms with E-state index in [9.17, 15) is 14.7 Å². The summed E-state index contributed by atoms with van der Waals surface area (Å²) < 4.78 is 1.55. The Morgan fingerprint density at radius 1 is 0.947 bits per heavy atom. The summed E-state index contributed by atoms with van der Waals surface area (Å²) in [5.74, 6) is 0. The molecule has 2 amide bonds. The molecule has 7 heteroatoms. The second-order valence-corrected chi connectivity index (χ2v) is 11.3. The molecular weight excluding hydrogens is 476 g/mol. The van der Waals surface area contributed by atoms with Gasteiger partial charge in [0.25, 0.3) is 5.56 Å². The number of hydrogen-bond acceptors (Lipinski definition) is 4. The minimum atomic E-state index is -1.07. The van der Waals surface area contributed by atoms with Gasteiger partial charge in [0.15, 0.2) is 0 Å². The maximum Gasteiger partial charge on any atom is 0.320 e. The zero-order valence-corrected chi connectivity index (χ0v) is 21.8. The zero-order chi connectivity index (χ0) is 26.2. The number of piperidine rings is 1. The van der Waals surface area contributed by atoms with E-state index in [1.54, 1.807) is 17.0 Å². The van der Waals surface area contributed by atoms with Gasteiger partial charge in [-0.05, 0) is 37.7 Å². The smallest absolute Gasteiger partial charge is 0.320 e. The Bertz CT molecular complexity index is 1340. The summed E-state index contributed by atoms with van der Waals surface area (Å²) in [6, 6.07) is 21.7. The van der Waals surface area contributed by atoms with Gasteiger partial charge in [-0.15, -0.1) is 0 Å². The Labute approximate surface area is 223 Å². The quantitative estimate of drug-likeness (QED) is 0.541. The van der Waals surface area contributed by atoms with Gasteiger partial charge in [0, 0.05) is 36.7 Å². The van der Waals surface area contributed by atoms with Gasteiger partial charge >= 0.3 is 6.03 Å². The van der Waals surface area contributed by atoms with Crippen molar-refractivity contribution in [1.82, 2.24) is 19.4 Å². The third-order valence-electron chi connectivity index (χ3n) is 9.17. The van der Waals surface area contributed by atoms with Crippen molar-refractivity contribution in [2.45, 2.75) is 63.1 Å². The Morgan fingerprint density at radius 3 is 2.37 bits per heavy atom. The third-order valence-corrected chi connectivity index (χ3v) is 9.17. The second-order valence-electron chi connectivity index (χ2n) is 11.3. The van der Waals surface area contributed by atoms with E-state index < -0.39 is 11.0 Å². The van der Waals surface area contributed by atoms with Gasteiger partial charge in [0.05, 0.1) is 30.2 Å². The highest BCUT2D eigenvalue weighted by atomic mass is 16.3. The average molecular weight is 513 g/mol. The fourth-order valence-corrected chi connectivity index (χ4v) is 7.05. The molecule has 2 unspecified atom stereocenters. The van der Waals surface area contributed by atoms with Gasteiger partial charge in [-0.3, -0.25) is 9.36 Å². The molecule has 1 saturated carbocycles. The number of carbonyl (C=O) groups is 1. The monoisotopic (exact) mass is 512 g/mol. The van der Waals surface area contributed by atoms with Crippen LogP contribution in [0.2, 0.25) is 0 Å². The van der Waals surface area contributed by atoms with Crippen molar-refractivity contribution in [3.8, 4) is 11.3 Å².